The first kappa shape index (κ1) is 23.5. The molecule has 10 aromatic carbocycles. The fourth-order valence-corrected chi connectivity index (χ4v) is 8.03. The lowest BCUT2D eigenvalue weighted by Crippen LogP contribution is -1.86. The Morgan fingerprint density at radius 1 is 0.311 bits per heavy atom. The Balaban J connectivity index is 1.10. The van der Waals surface area contributed by atoms with Crippen LogP contribution in [0.5, 0.6) is 0 Å². The van der Waals surface area contributed by atoms with Crippen LogP contribution in [0.25, 0.3) is 109 Å². The summed E-state index contributed by atoms with van der Waals surface area (Å²) < 4.78 is 6.64. The second-order valence-corrected chi connectivity index (χ2v) is 12.5. The van der Waals surface area contributed by atoms with Gasteiger partial charge in [0.2, 0.25) is 0 Å². The van der Waals surface area contributed by atoms with Crippen molar-refractivity contribution in [1.82, 2.24) is 0 Å². The van der Waals surface area contributed by atoms with Crippen LogP contribution in [0.1, 0.15) is 0 Å². The Kier molecular flexibility index (Phi) is 4.38. The van der Waals surface area contributed by atoms with E-state index in [0.717, 1.165) is 27.5 Å². The van der Waals surface area contributed by atoms with Gasteiger partial charge in [0.25, 0.3) is 0 Å². The number of furan rings is 1. The molecule has 0 fully saturated rings. The number of para-hydroxylation sites is 1. The molecule has 0 spiro atoms. The second-order valence-electron chi connectivity index (χ2n) is 12.5. The van der Waals surface area contributed by atoms with E-state index in [2.05, 4.69) is 146 Å². The van der Waals surface area contributed by atoms with Crippen LogP contribution in [0.3, 0.4) is 0 Å². The number of rotatable bonds is 2. The summed E-state index contributed by atoms with van der Waals surface area (Å²) in [4.78, 5) is 0. The fraction of sp³-hybridized carbons (Fsp3) is 0. The van der Waals surface area contributed by atoms with Crippen molar-refractivity contribution < 1.29 is 4.42 Å². The van der Waals surface area contributed by atoms with Crippen LogP contribution in [-0.4, -0.2) is 0 Å². The lowest BCUT2D eigenvalue weighted by Gasteiger charge is -2.13. The summed E-state index contributed by atoms with van der Waals surface area (Å²) in [6.07, 6.45) is 0. The monoisotopic (exact) mass is 568 g/mol. The largest absolute Gasteiger partial charge is 0.455 e. The molecule has 0 aliphatic rings. The summed E-state index contributed by atoms with van der Waals surface area (Å²) in [5.41, 5.74) is 6.57. The molecule has 1 nitrogen and oxygen atoms in total. The first-order valence-electron chi connectivity index (χ1n) is 15.6. The smallest absolute Gasteiger partial charge is 0.143 e. The Morgan fingerprint density at radius 3 is 1.33 bits per heavy atom. The van der Waals surface area contributed by atoms with E-state index in [1.54, 1.807) is 0 Å². The van der Waals surface area contributed by atoms with Gasteiger partial charge in [0.15, 0.2) is 0 Å². The van der Waals surface area contributed by atoms with Gasteiger partial charge in [-0.1, -0.05) is 109 Å². The lowest BCUT2D eigenvalue weighted by molar-refractivity contribution is 0.670. The van der Waals surface area contributed by atoms with E-state index < -0.39 is 0 Å². The molecular weight excluding hydrogens is 544 g/mol. The average molecular weight is 569 g/mol. The van der Waals surface area contributed by atoms with E-state index in [1.165, 1.54) is 81.3 Å². The molecule has 1 heteroatoms. The van der Waals surface area contributed by atoms with Gasteiger partial charge in [-0.3, -0.25) is 0 Å². The van der Waals surface area contributed by atoms with Gasteiger partial charge in [-0.25, -0.2) is 0 Å². The molecule has 0 saturated carbocycles. The zero-order chi connectivity index (χ0) is 29.2. The van der Waals surface area contributed by atoms with Crippen molar-refractivity contribution in [3.63, 3.8) is 0 Å². The van der Waals surface area contributed by atoms with Gasteiger partial charge in [0.05, 0.1) is 0 Å². The molecule has 1 heterocycles. The normalized spacial score (nSPS) is 12.4. The molecule has 0 amide bonds. The van der Waals surface area contributed by atoms with Gasteiger partial charge in [0, 0.05) is 16.3 Å². The quantitative estimate of drug-likeness (QED) is 0.189. The lowest BCUT2D eigenvalue weighted by atomic mass is 9.90. The third-order valence-electron chi connectivity index (χ3n) is 10.1. The minimum Gasteiger partial charge on any atom is -0.455 e. The van der Waals surface area contributed by atoms with E-state index in [-0.39, 0.29) is 0 Å². The van der Waals surface area contributed by atoms with E-state index >= 15 is 0 Å². The third-order valence-corrected chi connectivity index (χ3v) is 10.1. The number of fused-ring (bicyclic) bond motifs is 3. The molecule has 0 saturated heterocycles. The Morgan fingerprint density at radius 2 is 0.778 bits per heavy atom. The van der Waals surface area contributed by atoms with Crippen LogP contribution >= 0.6 is 0 Å². The van der Waals surface area contributed by atoms with Crippen molar-refractivity contribution in [2.24, 2.45) is 0 Å². The molecular formula is C44H24O. The Hall–Kier alpha value is -5.92. The van der Waals surface area contributed by atoms with Gasteiger partial charge in [-0.15, -0.1) is 0 Å². The number of benzene rings is 10. The highest BCUT2D eigenvalue weighted by Crippen LogP contribution is 2.42. The summed E-state index contributed by atoms with van der Waals surface area (Å²) >= 11 is 0. The molecule has 0 N–H and O–H groups in total. The standard InChI is InChI=1S/C44H24O/c1-4-25-10-14-30-20-34(21-31-15-11-26(5-1)40(25)42(30)31)29-18-19-39-38(24-29)37-9-3-8-36(44(37)45-39)35-22-32-16-12-27-6-2-7-28-13-17-33(23-35)43(32)41(27)28/h1-24H. The predicted octanol–water partition coefficient (Wildman–Crippen LogP) is 12.7. The summed E-state index contributed by atoms with van der Waals surface area (Å²) in [7, 11) is 0. The third kappa shape index (κ3) is 3.17. The van der Waals surface area contributed by atoms with Gasteiger partial charge in [-0.05, 0) is 118 Å². The van der Waals surface area contributed by atoms with E-state index in [1.807, 2.05) is 0 Å². The second kappa shape index (κ2) is 8.37. The molecule has 0 aliphatic carbocycles. The van der Waals surface area contributed by atoms with Crippen molar-refractivity contribution in [1.29, 1.82) is 0 Å². The van der Waals surface area contributed by atoms with E-state index in [0.29, 0.717) is 0 Å². The summed E-state index contributed by atoms with van der Waals surface area (Å²) in [5.74, 6) is 0. The molecule has 11 rings (SSSR count). The zero-order valence-corrected chi connectivity index (χ0v) is 24.3. The molecule has 0 aliphatic heterocycles. The highest BCUT2D eigenvalue weighted by Gasteiger charge is 2.16. The summed E-state index contributed by atoms with van der Waals surface area (Å²) in [6, 6.07) is 53.7. The van der Waals surface area contributed by atoms with E-state index in [4.69, 9.17) is 4.42 Å². The zero-order valence-electron chi connectivity index (χ0n) is 24.3. The summed E-state index contributed by atoms with van der Waals surface area (Å²) in [5, 5.41) is 17.9. The van der Waals surface area contributed by atoms with Gasteiger partial charge in [-0.2, -0.15) is 0 Å². The van der Waals surface area contributed by atoms with Crippen LogP contribution in [0, 0.1) is 0 Å². The topological polar surface area (TPSA) is 13.1 Å². The van der Waals surface area contributed by atoms with Crippen molar-refractivity contribution in [2.75, 3.05) is 0 Å². The highest BCUT2D eigenvalue weighted by atomic mass is 16.3. The van der Waals surface area contributed by atoms with Crippen molar-refractivity contribution in [3.05, 3.63) is 146 Å². The molecule has 0 bridgehead atoms. The Bertz CT molecular complexity index is 2850. The molecule has 1 aromatic heterocycles. The van der Waals surface area contributed by atoms with Crippen LogP contribution in [0.15, 0.2) is 150 Å². The number of hydrogen-bond donors (Lipinski definition) is 0. The minimum absolute atomic E-state index is 0.913. The maximum absolute atomic E-state index is 6.64. The van der Waals surface area contributed by atoms with Gasteiger partial charge >= 0.3 is 0 Å². The molecule has 206 valence electrons. The van der Waals surface area contributed by atoms with Crippen molar-refractivity contribution in [2.45, 2.75) is 0 Å². The van der Waals surface area contributed by atoms with Crippen LogP contribution in [0.4, 0.5) is 0 Å². The van der Waals surface area contributed by atoms with Crippen LogP contribution < -0.4 is 0 Å². The fourth-order valence-electron chi connectivity index (χ4n) is 8.03. The average Bonchev–Trinajstić information content (AvgIpc) is 3.47. The van der Waals surface area contributed by atoms with Gasteiger partial charge < -0.3 is 4.42 Å². The molecule has 45 heavy (non-hydrogen) atoms. The van der Waals surface area contributed by atoms with Gasteiger partial charge in [0.1, 0.15) is 11.2 Å². The van der Waals surface area contributed by atoms with Crippen molar-refractivity contribution in [3.8, 4) is 22.3 Å². The first-order chi connectivity index (χ1) is 22.3. The molecule has 11 aromatic rings. The minimum atomic E-state index is 0.913. The maximum atomic E-state index is 6.64. The molecule has 0 unspecified atom stereocenters. The Labute approximate surface area is 258 Å². The van der Waals surface area contributed by atoms with Crippen LogP contribution in [0.2, 0.25) is 0 Å². The highest BCUT2D eigenvalue weighted by molar-refractivity contribution is 6.25. The predicted molar refractivity (Wildman–Crippen MR) is 192 cm³/mol. The SMILES string of the molecule is c1cc2ccc3cc(-c4ccc5oc6c(-c7cc8ccc9cccc%10ccc(c7)c8c9%10)cccc6c5c4)cc4ccc(c1)c2c34. The van der Waals surface area contributed by atoms with Crippen LogP contribution in [-0.2, 0) is 0 Å². The molecule has 0 radical (unpaired) electrons. The summed E-state index contributed by atoms with van der Waals surface area (Å²) in [6.45, 7) is 0. The first-order valence-corrected chi connectivity index (χ1v) is 15.6. The maximum Gasteiger partial charge on any atom is 0.143 e. The molecule has 0 atom stereocenters. The van der Waals surface area contributed by atoms with Crippen molar-refractivity contribution >= 4 is 86.6 Å². The number of hydrogen-bond acceptors (Lipinski definition) is 1. The van der Waals surface area contributed by atoms with E-state index in [9.17, 15) is 0 Å².